The van der Waals surface area contributed by atoms with Crippen LogP contribution in [0.3, 0.4) is 0 Å². The maximum Gasteiger partial charge on any atom is 0.134 e. The first-order valence-electron chi connectivity index (χ1n) is 10.7. The van der Waals surface area contributed by atoms with Crippen LogP contribution in [0.1, 0.15) is 42.7 Å². The van der Waals surface area contributed by atoms with E-state index in [-0.39, 0.29) is 5.82 Å². The van der Waals surface area contributed by atoms with Gasteiger partial charge in [-0.25, -0.2) is 4.39 Å². The number of nitrogens with one attached hydrogen (secondary N) is 2. The van der Waals surface area contributed by atoms with Crippen molar-refractivity contribution in [1.82, 2.24) is 10.2 Å². The van der Waals surface area contributed by atoms with Crippen molar-refractivity contribution in [1.29, 1.82) is 0 Å². The van der Waals surface area contributed by atoms with Crippen molar-refractivity contribution in [3.05, 3.63) is 46.1 Å². The highest BCUT2D eigenvalue weighted by molar-refractivity contribution is 7.16. The van der Waals surface area contributed by atoms with Crippen molar-refractivity contribution < 1.29 is 9.13 Å². The van der Waals surface area contributed by atoms with Crippen LogP contribution in [-0.4, -0.2) is 50.1 Å². The molecule has 2 aromatic rings. The Hall–Kier alpha value is -1.96. The third kappa shape index (κ3) is 5.80. The molecule has 30 heavy (non-hydrogen) atoms. The number of hydrogen-bond donors (Lipinski definition) is 2. The van der Waals surface area contributed by atoms with Crippen molar-refractivity contribution in [2.45, 2.75) is 46.2 Å². The summed E-state index contributed by atoms with van der Waals surface area (Å²) in [6.45, 7) is 10.4. The number of halogens is 1. The summed E-state index contributed by atoms with van der Waals surface area (Å²) in [5, 5.41) is 8.20. The number of anilines is 2. The Kier molecular flexibility index (Phi) is 8.24. The van der Waals surface area contributed by atoms with E-state index in [9.17, 15) is 4.39 Å². The maximum absolute atomic E-state index is 13.8. The minimum atomic E-state index is -0.227. The molecule has 0 saturated heterocycles. The Morgan fingerprint density at radius 2 is 2.20 bits per heavy atom. The second kappa shape index (κ2) is 10.9. The molecule has 1 aliphatic rings. The van der Waals surface area contributed by atoms with Crippen LogP contribution < -0.4 is 10.6 Å². The first-order chi connectivity index (χ1) is 14.5. The summed E-state index contributed by atoms with van der Waals surface area (Å²) in [7, 11) is 1.75. The number of hydrogen-bond acceptors (Lipinski definition) is 6. The highest BCUT2D eigenvalue weighted by Gasteiger charge is 2.21. The first-order valence-corrected chi connectivity index (χ1v) is 11.5. The summed E-state index contributed by atoms with van der Waals surface area (Å²) in [5.41, 5.74) is 2.93. The summed E-state index contributed by atoms with van der Waals surface area (Å²) in [4.78, 5) is 8.49. The van der Waals surface area contributed by atoms with Gasteiger partial charge >= 0.3 is 0 Å². The van der Waals surface area contributed by atoms with E-state index in [1.165, 1.54) is 10.9 Å². The number of likely N-dealkylation sites (N-methyl/N-ethyl adjacent to an activating group) is 1. The van der Waals surface area contributed by atoms with Gasteiger partial charge in [-0.05, 0) is 63.4 Å². The molecule has 2 N–H and O–H groups in total. The number of benzene rings is 1. The van der Waals surface area contributed by atoms with Crippen LogP contribution in [0, 0.1) is 12.7 Å². The number of methoxy groups -OCH3 is 1. The van der Waals surface area contributed by atoms with E-state index in [0.29, 0.717) is 12.6 Å². The molecule has 1 aromatic carbocycles. The Labute approximate surface area is 183 Å². The number of nitrogens with zero attached hydrogens (tertiary/aromatic N) is 2. The molecule has 0 amide bonds. The lowest BCUT2D eigenvalue weighted by Gasteiger charge is -2.28. The zero-order chi connectivity index (χ0) is 21.5. The predicted molar refractivity (Wildman–Crippen MR) is 125 cm³/mol. The van der Waals surface area contributed by atoms with Crippen molar-refractivity contribution in [2.75, 3.05) is 38.7 Å². The normalized spacial score (nSPS) is 14.1. The summed E-state index contributed by atoms with van der Waals surface area (Å²) < 4.78 is 18.9. The molecular weight excluding hydrogens is 399 g/mol. The molecule has 1 aromatic heterocycles. The molecule has 0 fully saturated rings. The molecular formula is C23H33FN4OS. The molecule has 0 aliphatic carbocycles. The van der Waals surface area contributed by atoms with Crippen molar-refractivity contribution in [3.8, 4) is 0 Å². The Balaban J connectivity index is 1.75. The number of ether oxygens (including phenoxy) is 1. The molecule has 0 radical (unpaired) electrons. The van der Waals surface area contributed by atoms with E-state index >= 15 is 0 Å². The maximum atomic E-state index is 13.8. The molecule has 1 atom stereocenters. The Morgan fingerprint density at radius 1 is 1.37 bits per heavy atom. The van der Waals surface area contributed by atoms with E-state index in [0.717, 1.165) is 66.7 Å². The lowest BCUT2D eigenvalue weighted by atomic mass is 10.1. The van der Waals surface area contributed by atoms with Gasteiger partial charge in [0.05, 0.1) is 12.1 Å². The molecule has 0 saturated carbocycles. The van der Waals surface area contributed by atoms with Gasteiger partial charge in [-0.1, -0.05) is 0 Å². The van der Waals surface area contributed by atoms with Crippen molar-refractivity contribution in [3.63, 3.8) is 0 Å². The van der Waals surface area contributed by atoms with Crippen molar-refractivity contribution in [2.24, 2.45) is 4.99 Å². The topological polar surface area (TPSA) is 48.9 Å². The molecule has 164 valence electrons. The summed E-state index contributed by atoms with van der Waals surface area (Å²) >= 11 is 1.71. The van der Waals surface area contributed by atoms with Gasteiger partial charge in [0, 0.05) is 50.0 Å². The lowest BCUT2D eigenvalue weighted by Crippen LogP contribution is -2.40. The van der Waals surface area contributed by atoms with E-state index in [2.05, 4.69) is 42.4 Å². The Morgan fingerprint density at radius 3 is 2.97 bits per heavy atom. The number of thiophene rings is 1. The second-order valence-corrected chi connectivity index (χ2v) is 8.99. The molecule has 1 unspecified atom stereocenters. The number of aliphatic imine (C=N–C) groups is 1. The van der Waals surface area contributed by atoms with Gasteiger partial charge in [-0.3, -0.25) is 4.99 Å². The van der Waals surface area contributed by atoms with E-state index in [4.69, 9.17) is 9.73 Å². The quantitative estimate of drug-likeness (QED) is 0.552. The van der Waals surface area contributed by atoms with Crippen molar-refractivity contribution >= 4 is 27.9 Å². The smallest absolute Gasteiger partial charge is 0.134 e. The van der Waals surface area contributed by atoms with Crippen LogP contribution in [0.4, 0.5) is 15.1 Å². The van der Waals surface area contributed by atoms with Gasteiger partial charge in [-0.15, -0.1) is 11.3 Å². The minimum absolute atomic E-state index is 0.227. The van der Waals surface area contributed by atoms with Crippen LogP contribution in [-0.2, 0) is 11.3 Å². The summed E-state index contributed by atoms with van der Waals surface area (Å²) in [6, 6.07) is 7.53. The average molecular weight is 433 g/mol. The fourth-order valence-corrected chi connectivity index (χ4v) is 4.64. The van der Waals surface area contributed by atoms with Crippen LogP contribution in [0.2, 0.25) is 0 Å². The summed E-state index contributed by atoms with van der Waals surface area (Å²) in [6.07, 6.45) is 2.16. The fourth-order valence-electron chi connectivity index (χ4n) is 3.72. The lowest BCUT2D eigenvalue weighted by molar-refractivity contribution is 0.189. The van der Waals surface area contributed by atoms with Gasteiger partial charge in [0.2, 0.25) is 0 Å². The van der Waals surface area contributed by atoms with Gasteiger partial charge in [-0.2, -0.15) is 0 Å². The first kappa shape index (κ1) is 22.7. The van der Waals surface area contributed by atoms with Crippen LogP contribution >= 0.6 is 11.3 Å². The second-order valence-electron chi connectivity index (χ2n) is 7.74. The molecule has 7 heteroatoms. The van der Waals surface area contributed by atoms with Gasteiger partial charge < -0.3 is 20.3 Å². The van der Waals surface area contributed by atoms with Crippen LogP contribution in [0.25, 0.3) is 0 Å². The standard InChI is InChI=1S/C23H33FN4OS/c1-5-28(11-10-25-16(2)7-6-12-29-4)22-20-13-17(3)30-23(20)27-21-9-8-19(24)14-18(21)15-26-22/h8-9,13-14,16,25,27H,5-7,10-12,15H2,1-4H3. The zero-order valence-corrected chi connectivity index (χ0v) is 19.2. The largest absolute Gasteiger partial charge is 0.385 e. The van der Waals surface area contributed by atoms with Crippen LogP contribution in [0.15, 0.2) is 29.3 Å². The monoisotopic (exact) mass is 432 g/mol. The molecule has 1 aliphatic heterocycles. The molecule has 3 rings (SSSR count). The third-order valence-corrected chi connectivity index (χ3v) is 6.32. The molecule has 2 heterocycles. The highest BCUT2D eigenvalue weighted by atomic mass is 32.1. The number of aryl methyl sites for hydroxylation is 1. The third-order valence-electron chi connectivity index (χ3n) is 5.35. The number of rotatable bonds is 9. The van der Waals surface area contributed by atoms with Gasteiger partial charge in [0.1, 0.15) is 16.7 Å². The minimum Gasteiger partial charge on any atom is -0.385 e. The average Bonchev–Trinajstić information content (AvgIpc) is 3.06. The van der Waals surface area contributed by atoms with Crippen LogP contribution in [0.5, 0.6) is 0 Å². The molecule has 5 nitrogen and oxygen atoms in total. The van der Waals surface area contributed by atoms with E-state index < -0.39 is 0 Å². The number of fused-ring (bicyclic) bond motifs is 2. The number of amidine groups is 1. The predicted octanol–water partition coefficient (Wildman–Crippen LogP) is 4.93. The highest BCUT2D eigenvalue weighted by Crippen LogP contribution is 2.35. The van der Waals surface area contributed by atoms with E-state index in [1.54, 1.807) is 30.6 Å². The molecule has 0 bridgehead atoms. The molecule has 0 spiro atoms. The van der Waals surface area contributed by atoms with Gasteiger partial charge in [0.25, 0.3) is 0 Å². The van der Waals surface area contributed by atoms with E-state index in [1.807, 2.05) is 0 Å². The fraction of sp³-hybridized carbons (Fsp3) is 0.522. The SMILES string of the molecule is CCN(CCNC(C)CCCOC)C1=NCc2cc(F)ccc2Nc2sc(C)cc21. The Bertz CT molecular complexity index is 867. The van der Waals surface area contributed by atoms with Gasteiger partial charge in [0.15, 0.2) is 0 Å². The zero-order valence-electron chi connectivity index (χ0n) is 18.4. The summed E-state index contributed by atoms with van der Waals surface area (Å²) in [5.74, 6) is 0.752.